The number of aromatic amines is 4. The van der Waals surface area contributed by atoms with Crippen molar-refractivity contribution in [1.29, 1.82) is 0 Å². The van der Waals surface area contributed by atoms with E-state index in [4.69, 9.17) is 0 Å². The van der Waals surface area contributed by atoms with E-state index >= 15 is 0 Å². The minimum Gasteiger partial charge on any atom is -0.368 e. The van der Waals surface area contributed by atoms with Gasteiger partial charge < -0.3 is 29.8 Å². The molecular weight excluding hydrogens is 1460 g/mol. The van der Waals surface area contributed by atoms with Crippen LogP contribution < -0.4 is 37.4 Å². The molecule has 3 aliphatic heterocycles. The van der Waals surface area contributed by atoms with E-state index in [1.165, 1.54) is 24.1 Å². The molecule has 5 aromatic heterocycles. The third-order valence-electron chi connectivity index (χ3n) is 21.8. The van der Waals surface area contributed by atoms with E-state index in [9.17, 15) is 38.4 Å². The number of H-pyrrole nitrogens is 4. The van der Waals surface area contributed by atoms with Crippen molar-refractivity contribution in [3.05, 3.63) is 306 Å². The number of aromatic nitrogens is 10. The second-order valence-electron chi connectivity index (χ2n) is 29.7. The quantitative estimate of drug-likeness (QED) is 0.0600. The van der Waals surface area contributed by atoms with Crippen LogP contribution in [0.2, 0.25) is 0 Å². The number of benzene rings is 9. The number of carbonyl (C=O) groups excluding carboxylic acids is 4. The first kappa shape index (κ1) is 77.4. The van der Waals surface area contributed by atoms with Crippen LogP contribution in [0.25, 0.3) is 88.1 Å². The zero-order valence-electron chi connectivity index (χ0n) is 64.6. The summed E-state index contributed by atoms with van der Waals surface area (Å²) in [4.78, 5) is 117. The Labute approximate surface area is 668 Å². The standard InChI is InChI=1S/C27H26N4O2.C24H22N6O2.C21H21N3O2.C20H19N3O2/c1-19-6-12-22(13-7-19)30-14-16-31(17-15-30)25(32)18-20-8-10-21(11-9-20)26-23-4-2-3-5-24(23)27(33)29-28-26;31-21(29-12-14-30(15-13-29)24-25-10-3-11-26-24)16-17-6-8-18(9-7-17)22-19-4-1-2-5-20(19)23(32)28-27-22;1-14-5-4-12-24(14)19(25)13-15-8-10-16(11-9-15)20-17-6-2-3-7-18(17)21(26)23-22-20;24-18(21-12-14-5-6-14)11-13-7-9-15(10-8-13)19-16-3-1-2-4-17(16)20(25)23-22-19/h2-13H,14-18H2,1H3,(H,29,33);1-11H,12-16H2,(H,28,32);2-3,6-11,14H,4-5,12-13H2,1H3,(H,23,26);1-4,7-10,14H,5-6,11-12H2,(H,21,24)(H,23,25)/t;;14-;/m..1./s1. The third-order valence-corrected chi connectivity index (χ3v) is 21.8. The summed E-state index contributed by atoms with van der Waals surface area (Å²) < 4.78 is 0. The number of nitrogens with one attached hydrogen (secondary N) is 5. The Hall–Kier alpha value is -13.9. The monoisotopic (exact) mass is 1540 g/mol. The SMILES string of the molecule is C[C@@H]1CCCN1C(=O)Cc1ccc(-c2n[nH]c(=O)c3ccccc23)cc1.Cc1ccc(N2CCN(C(=O)Cc3ccc(-c4n[nH]c(=O)c5ccccc45)cc3)CC2)cc1.O=C(Cc1ccc(-c2n[nH]c(=O)c3ccccc23)cc1)N1CCN(c2ncccn2)CC1.O=C(Cc1ccc(-c2n[nH]c(=O)c3ccccc23)cc1)NCC1CC1. The molecule has 1 atom stereocenters. The van der Waals surface area contributed by atoms with Crippen LogP contribution in [0.3, 0.4) is 0 Å². The number of fused-ring (bicyclic) bond motifs is 4. The highest BCUT2D eigenvalue weighted by Crippen LogP contribution is 2.31. The molecule has 18 rings (SSSR count). The zero-order chi connectivity index (χ0) is 80.0. The first-order chi connectivity index (χ1) is 56.6. The Morgan fingerprint density at radius 2 is 0.707 bits per heavy atom. The molecule has 584 valence electrons. The van der Waals surface area contributed by atoms with E-state index in [0.717, 1.165) is 154 Å². The number of likely N-dealkylation sites (tertiary alicyclic amines) is 1. The largest absolute Gasteiger partial charge is 0.368 e. The van der Waals surface area contributed by atoms with Crippen LogP contribution in [0.5, 0.6) is 0 Å². The summed E-state index contributed by atoms with van der Waals surface area (Å²) in [6.45, 7) is 11.8. The molecule has 0 radical (unpaired) electrons. The Morgan fingerprint density at radius 3 is 1.05 bits per heavy atom. The van der Waals surface area contributed by atoms with E-state index < -0.39 is 0 Å². The Kier molecular flexibility index (Phi) is 23.9. The fourth-order valence-electron chi connectivity index (χ4n) is 15.0. The van der Waals surface area contributed by atoms with Gasteiger partial charge in [-0.05, 0) is 110 Å². The van der Waals surface area contributed by atoms with Gasteiger partial charge in [0.15, 0.2) is 0 Å². The van der Waals surface area contributed by atoms with Crippen LogP contribution in [0, 0.1) is 12.8 Å². The molecule has 24 heteroatoms. The van der Waals surface area contributed by atoms with Crippen molar-refractivity contribution in [2.24, 2.45) is 5.92 Å². The van der Waals surface area contributed by atoms with Crippen LogP contribution >= 0.6 is 0 Å². The van der Waals surface area contributed by atoms with Crippen LogP contribution in [0.15, 0.2) is 256 Å². The molecule has 0 unspecified atom stereocenters. The van der Waals surface area contributed by atoms with Gasteiger partial charge in [-0.25, -0.2) is 30.4 Å². The molecule has 14 aromatic rings. The molecule has 4 fully saturated rings. The van der Waals surface area contributed by atoms with Gasteiger partial charge in [-0.15, -0.1) is 0 Å². The van der Waals surface area contributed by atoms with Crippen LogP contribution in [0.1, 0.15) is 60.4 Å². The first-order valence-electron chi connectivity index (χ1n) is 39.3. The van der Waals surface area contributed by atoms with Crippen molar-refractivity contribution in [2.45, 2.75) is 71.3 Å². The van der Waals surface area contributed by atoms with Gasteiger partial charge in [0.05, 0.1) is 70.0 Å². The van der Waals surface area contributed by atoms with Gasteiger partial charge in [-0.3, -0.25) is 38.4 Å². The predicted molar refractivity (Wildman–Crippen MR) is 453 cm³/mol. The highest BCUT2D eigenvalue weighted by Gasteiger charge is 2.28. The van der Waals surface area contributed by atoms with Crippen molar-refractivity contribution in [3.63, 3.8) is 0 Å². The second-order valence-corrected chi connectivity index (χ2v) is 29.7. The van der Waals surface area contributed by atoms with Crippen molar-refractivity contribution in [2.75, 3.05) is 75.2 Å². The van der Waals surface area contributed by atoms with Crippen molar-refractivity contribution < 1.29 is 19.2 Å². The number of piperazine rings is 2. The minimum absolute atomic E-state index is 0.0623. The normalized spacial score (nSPS) is 14.6. The maximum absolute atomic E-state index is 12.9. The Bertz CT molecular complexity index is 6100. The van der Waals surface area contributed by atoms with Gasteiger partial charge in [0.1, 0.15) is 0 Å². The number of hydrogen-bond donors (Lipinski definition) is 5. The van der Waals surface area contributed by atoms with E-state index in [-0.39, 0.29) is 45.9 Å². The molecular formula is C92H88N16O8. The van der Waals surface area contributed by atoms with Gasteiger partial charge in [0.2, 0.25) is 29.6 Å². The summed E-state index contributed by atoms with van der Waals surface area (Å²) in [6.07, 6.45) is 9.64. The van der Waals surface area contributed by atoms with Crippen molar-refractivity contribution in [3.8, 4) is 45.0 Å². The lowest BCUT2D eigenvalue weighted by atomic mass is 10.0. The number of anilines is 2. The number of nitrogens with zero attached hydrogens (tertiary/aromatic N) is 11. The van der Waals surface area contributed by atoms with Gasteiger partial charge in [-0.2, -0.15) is 20.4 Å². The molecule has 24 nitrogen and oxygen atoms in total. The summed E-state index contributed by atoms with van der Waals surface area (Å²) in [5.41, 5.74) is 12.1. The average molecular weight is 1550 g/mol. The average Bonchev–Trinajstić information content (AvgIpc) is 1.62. The topological polar surface area (TPSA) is 305 Å². The minimum atomic E-state index is -0.203. The van der Waals surface area contributed by atoms with Gasteiger partial charge in [0, 0.05) is 133 Å². The lowest BCUT2D eigenvalue weighted by Gasteiger charge is -2.36. The molecule has 8 heterocycles. The first-order valence-corrected chi connectivity index (χ1v) is 39.3. The van der Waals surface area contributed by atoms with E-state index in [2.05, 4.69) is 104 Å². The maximum atomic E-state index is 12.9. The molecule has 0 spiro atoms. The van der Waals surface area contributed by atoms with E-state index in [0.29, 0.717) is 78.2 Å². The summed E-state index contributed by atoms with van der Waals surface area (Å²) in [5.74, 6) is 1.91. The summed E-state index contributed by atoms with van der Waals surface area (Å²) in [6, 6.07) is 71.7. The second kappa shape index (κ2) is 35.8. The molecule has 1 aliphatic carbocycles. The van der Waals surface area contributed by atoms with Crippen LogP contribution in [-0.2, 0) is 44.9 Å². The highest BCUT2D eigenvalue weighted by atomic mass is 16.2. The van der Waals surface area contributed by atoms with E-state index in [1.807, 2.05) is 185 Å². The Morgan fingerprint density at radius 1 is 0.371 bits per heavy atom. The molecule has 9 aromatic carbocycles. The third kappa shape index (κ3) is 18.6. The summed E-state index contributed by atoms with van der Waals surface area (Å²) in [5, 5.41) is 35.9. The predicted octanol–water partition coefficient (Wildman–Crippen LogP) is 11.9. The lowest BCUT2D eigenvalue weighted by Crippen LogP contribution is -2.49. The van der Waals surface area contributed by atoms with Crippen LogP contribution in [-0.4, -0.2) is 161 Å². The number of rotatable bonds is 16. The molecule has 0 bridgehead atoms. The maximum Gasteiger partial charge on any atom is 0.272 e. The molecule has 1 saturated carbocycles. The smallest absolute Gasteiger partial charge is 0.272 e. The van der Waals surface area contributed by atoms with Gasteiger partial charge >= 0.3 is 0 Å². The summed E-state index contributed by atoms with van der Waals surface area (Å²) >= 11 is 0. The number of aryl methyl sites for hydroxylation is 1. The highest BCUT2D eigenvalue weighted by molar-refractivity contribution is 5.97. The number of hydrogen-bond acceptors (Lipinski definition) is 16. The zero-order valence-corrected chi connectivity index (χ0v) is 64.6. The van der Waals surface area contributed by atoms with E-state index in [1.54, 1.807) is 42.7 Å². The lowest BCUT2D eigenvalue weighted by molar-refractivity contribution is -0.131. The van der Waals surface area contributed by atoms with Crippen molar-refractivity contribution >= 4 is 78.4 Å². The van der Waals surface area contributed by atoms with Gasteiger partial charge in [0.25, 0.3) is 22.2 Å². The van der Waals surface area contributed by atoms with Crippen molar-refractivity contribution in [1.82, 2.24) is 70.8 Å². The number of carbonyl (C=O) groups is 4. The van der Waals surface area contributed by atoms with Gasteiger partial charge in [-0.1, -0.05) is 188 Å². The molecule has 4 aliphatic rings. The molecule has 4 amide bonds. The molecule has 5 N–H and O–H groups in total. The molecule has 3 saturated heterocycles. The fourth-order valence-corrected chi connectivity index (χ4v) is 15.0. The molecule has 116 heavy (non-hydrogen) atoms. The fraction of sp³-hybridized carbons (Fsp3) is 0.239. The van der Waals surface area contributed by atoms with Crippen LogP contribution in [0.4, 0.5) is 11.6 Å². The number of amides is 4. The Balaban J connectivity index is 0.000000122. The summed E-state index contributed by atoms with van der Waals surface area (Å²) in [7, 11) is 0.